The highest BCUT2D eigenvalue weighted by Gasteiger charge is 2.16. The predicted octanol–water partition coefficient (Wildman–Crippen LogP) is 5.35. The van der Waals surface area contributed by atoms with Gasteiger partial charge in [0.05, 0.1) is 11.8 Å². The Morgan fingerprint density at radius 2 is 1.86 bits per heavy atom. The van der Waals surface area contributed by atoms with E-state index in [-0.39, 0.29) is 17.7 Å². The van der Waals surface area contributed by atoms with Crippen LogP contribution >= 0.6 is 39.3 Å². The third-order valence-corrected chi connectivity index (χ3v) is 5.96. The number of nitrogens with zero attached hydrogens (tertiary/aromatic N) is 3. The van der Waals surface area contributed by atoms with Crippen LogP contribution in [0.25, 0.3) is 11.4 Å². The van der Waals surface area contributed by atoms with Gasteiger partial charge in [0.2, 0.25) is 5.91 Å². The number of rotatable bonds is 7. The number of benzene rings is 2. The molecule has 1 N–H and O–H groups in total. The summed E-state index contributed by atoms with van der Waals surface area (Å²) >= 11 is 10.8. The molecular weight excluding hydrogens is 460 g/mol. The molecule has 1 atom stereocenters. The largest absolute Gasteiger partial charge is 0.349 e. The minimum absolute atomic E-state index is 0.0425. The first-order valence-corrected chi connectivity index (χ1v) is 11.0. The first-order chi connectivity index (χ1) is 13.5. The molecule has 0 spiro atoms. The molecule has 5 nitrogen and oxygen atoms in total. The van der Waals surface area contributed by atoms with Gasteiger partial charge in [0, 0.05) is 21.6 Å². The van der Waals surface area contributed by atoms with E-state index in [2.05, 4.69) is 31.4 Å². The first-order valence-electron chi connectivity index (χ1n) is 8.84. The fourth-order valence-electron chi connectivity index (χ4n) is 2.74. The molecule has 0 radical (unpaired) electrons. The molecule has 1 unspecified atom stereocenters. The van der Waals surface area contributed by atoms with Crippen LogP contribution in [0.5, 0.6) is 0 Å². The van der Waals surface area contributed by atoms with Crippen LogP contribution in [0.4, 0.5) is 0 Å². The van der Waals surface area contributed by atoms with E-state index in [1.54, 1.807) is 0 Å². The number of nitrogens with one attached hydrogen (secondary N) is 1. The molecule has 1 amide bonds. The number of halogens is 2. The zero-order valence-corrected chi connectivity index (χ0v) is 18.7. The molecular formula is C20H20BrClN4OS. The minimum Gasteiger partial charge on any atom is -0.349 e. The molecule has 0 fully saturated rings. The van der Waals surface area contributed by atoms with Crippen molar-refractivity contribution >= 4 is 45.2 Å². The van der Waals surface area contributed by atoms with Crippen molar-refractivity contribution in [3.63, 3.8) is 0 Å². The van der Waals surface area contributed by atoms with Crippen molar-refractivity contribution in [1.82, 2.24) is 20.1 Å². The normalized spacial score (nSPS) is 12.0. The number of aromatic nitrogens is 3. The maximum absolute atomic E-state index is 12.4. The number of hydrogen-bond acceptors (Lipinski definition) is 4. The van der Waals surface area contributed by atoms with Crippen molar-refractivity contribution in [2.45, 2.75) is 31.6 Å². The predicted molar refractivity (Wildman–Crippen MR) is 118 cm³/mol. The average Bonchev–Trinajstić information content (AvgIpc) is 3.10. The topological polar surface area (TPSA) is 59.8 Å². The standard InChI is InChI=1S/C20H20BrClN4OS/c1-3-26-19(15-6-10-17(22)11-7-15)24-25-20(26)28-12-18(27)23-13(2)14-4-8-16(21)9-5-14/h4-11,13H,3,12H2,1-2H3,(H,23,27). The van der Waals surface area contributed by atoms with Crippen molar-refractivity contribution in [2.24, 2.45) is 0 Å². The van der Waals surface area contributed by atoms with Gasteiger partial charge in [-0.1, -0.05) is 51.4 Å². The van der Waals surface area contributed by atoms with E-state index in [4.69, 9.17) is 11.6 Å². The van der Waals surface area contributed by atoms with Gasteiger partial charge in [0.15, 0.2) is 11.0 Å². The molecule has 0 saturated carbocycles. The van der Waals surface area contributed by atoms with E-state index in [1.807, 2.05) is 66.9 Å². The lowest BCUT2D eigenvalue weighted by Gasteiger charge is -2.14. The van der Waals surface area contributed by atoms with Crippen molar-refractivity contribution in [3.05, 3.63) is 63.6 Å². The SMILES string of the molecule is CCn1c(SCC(=O)NC(C)c2ccc(Br)cc2)nnc1-c1ccc(Cl)cc1. The van der Waals surface area contributed by atoms with Gasteiger partial charge in [-0.3, -0.25) is 4.79 Å². The molecule has 0 aliphatic rings. The van der Waals surface area contributed by atoms with E-state index in [9.17, 15) is 4.79 Å². The van der Waals surface area contributed by atoms with E-state index in [0.29, 0.717) is 11.6 Å². The Labute approximate surface area is 182 Å². The van der Waals surface area contributed by atoms with Crippen molar-refractivity contribution in [2.75, 3.05) is 5.75 Å². The summed E-state index contributed by atoms with van der Waals surface area (Å²) in [6.45, 7) is 4.71. The van der Waals surface area contributed by atoms with Crippen LogP contribution in [-0.2, 0) is 11.3 Å². The molecule has 1 aromatic heterocycles. The highest BCUT2D eigenvalue weighted by atomic mass is 79.9. The summed E-state index contributed by atoms with van der Waals surface area (Å²) in [5, 5.41) is 13.0. The third kappa shape index (κ3) is 5.16. The van der Waals surface area contributed by atoms with Crippen LogP contribution in [0, 0.1) is 0 Å². The summed E-state index contributed by atoms with van der Waals surface area (Å²) in [5.74, 6) is 1.00. The Morgan fingerprint density at radius 3 is 2.50 bits per heavy atom. The van der Waals surface area contributed by atoms with Gasteiger partial charge in [-0.2, -0.15) is 0 Å². The number of hydrogen-bond donors (Lipinski definition) is 1. The summed E-state index contributed by atoms with van der Waals surface area (Å²) in [6.07, 6.45) is 0. The Morgan fingerprint density at radius 1 is 1.18 bits per heavy atom. The van der Waals surface area contributed by atoms with Crippen molar-refractivity contribution < 1.29 is 4.79 Å². The average molecular weight is 480 g/mol. The second-order valence-electron chi connectivity index (χ2n) is 6.19. The molecule has 0 saturated heterocycles. The van der Waals surface area contributed by atoms with Crippen LogP contribution in [0.2, 0.25) is 5.02 Å². The number of thioether (sulfide) groups is 1. The minimum atomic E-state index is -0.0603. The molecule has 1 heterocycles. The van der Waals surface area contributed by atoms with E-state index >= 15 is 0 Å². The molecule has 8 heteroatoms. The van der Waals surface area contributed by atoms with Crippen molar-refractivity contribution in [1.29, 1.82) is 0 Å². The van der Waals surface area contributed by atoms with Gasteiger partial charge in [-0.05, 0) is 55.8 Å². The smallest absolute Gasteiger partial charge is 0.230 e. The Balaban J connectivity index is 1.63. The van der Waals surface area contributed by atoms with Gasteiger partial charge >= 0.3 is 0 Å². The Hall–Kier alpha value is -1.83. The zero-order valence-electron chi connectivity index (χ0n) is 15.5. The molecule has 0 aliphatic heterocycles. The first kappa shape index (κ1) is 20.9. The zero-order chi connectivity index (χ0) is 20.1. The summed E-state index contributed by atoms with van der Waals surface area (Å²) in [4.78, 5) is 12.4. The van der Waals surface area contributed by atoms with Crippen LogP contribution in [0.15, 0.2) is 58.2 Å². The second kappa shape index (κ2) is 9.58. The van der Waals surface area contributed by atoms with Gasteiger partial charge in [0.1, 0.15) is 0 Å². The van der Waals surface area contributed by atoms with E-state index in [0.717, 1.165) is 26.6 Å². The van der Waals surface area contributed by atoms with Crippen LogP contribution in [-0.4, -0.2) is 26.4 Å². The summed E-state index contributed by atoms with van der Waals surface area (Å²) in [6, 6.07) is 15.4. The van der Waals surface area contributed by atoms with Crippen LogP contribution in [0.3, 0.4) is 0 Å². The Bertz CT molecular complexity index is 944. The fourth-order valence-corrected chi connectivity index (χ4v) is 3.94. The van der Waals surface area contributed by atoms with Crippen molar-refractivity contribution in [3.8, 4) is 11.4 Å². The van der Waals surface area contributed by atoms with Gasteiger partial charge in [-0.15, -0.1) is 10.2 Å². The monoisotopic (exact) mass is 478 g/mol. The number of carbonyl (C=O) groups is 1. The summed E-state index contributed by atoms with van der Waals surface area (Å²) in [5.41, 5.74) is 2.00. The molecule has 2 aromatic carbocycles. The lowest BCUT2D eigenvalue weighted by atomic mass is 10.1. The Kier molecular flexibility index (Phi) is 7.15. The number of amides is 1. The van der Waals surface area contributed by atoms with Gasteiger partial charge in [-0.25, -0.2) is 0 Å². The van der Waals surface area contributed by atoms with Gasteiger partial charge in [0.25, 0.3) is 0 Å². The molecule has 0 bridgehead atoms. The molecule has 3 rings (SSSR count). The fraction of sp³-hybridized carbons (Fsp3) is 0.250. The third-order valence-electron chi connectivity index (χ3n) is 4.22. The quantitative estimate of drug-likeness (QED) is 0.464. The molecule has 28 heavy (non-hydrogen) atoms. The van der Waals surface area contributed by atoms with Crippen LogP contribution < -0.4 is 5.32 Å². The highest BCUT2D eigenvalue weighted by molar-refractivity contribution is 9.10. The highest BCUT2D eigenvalue weighted by Crippen LogP contribution is 2.25. The molecule has 3 aromatic rings. The maximum atomic E-state index is 12.4. The number of carbonyl (C=O) groups excluding carboxylic acids is 1. The summed E-state index contributed by atoms with van der Waals surface area (Å²) in [7, 11) is 0. The van der Waals surface area contributed by atoms with Gasteiger partial charge < -0.3 is 9.88 Å². The van der Waals surface area contributed by atoms with E-state index in [1.165, 1.54) is 11.8 Å². The maximum Gasteiger partial charge on any atom is 0.230 e. The molecule has 0 aliphatic carbocycles. The summed E-state index contributed by atoms with van der Waals surface area (Å²) < 4.78 is 3.01. The molecule has 146 valence electrons. The second-order valence-corrected chi connectivity index (χ2v) is 8.48. The lowest BCUT2D eigenvalue weighted by molar-refractivity contribution is -0.119. The lowest BCUT2D eigenvalue weighted by Crippen LogP contribution is -2.28. The van der Waals surface area contributed by atoms with Crippen LogP contribution in [0.1, 0.15) is 25.5 Å². The van der Waals surface area contributed by atoms with E-state index < -0.39 is 0 Å².